The van der Waals surface area contributed by atoms with E-state index in [0.29, 0.717) is 5.75 Å². The van der Waals surface area contributed by atoms with Crippen LogP contribution in [-0.4, -0.2) is 0 Å². The third kappa shape index (κ3) is 2.68. The summed E-state index contributed by atoms with van der Waals surface area (Å²) in [6.07, 6.45) is -2.84. The molecule has 2 aromatic rings. The largest absolute Gasteiger partial charge is 0.484 e. The standard InChI is InChI=1S/C16H14F3NO/c17-16(18,19)11-6-8-15(13(20)9-11)21-14-7-5-10-3-1-2-4-12(10)14/h1-4,6,8-9,14H,5,7,20H2. The van der Waals surface area contributed by atoms with E-state index in [-0.39, 0.29) is 11.8 Å². The second kappa shape index (κ2) is 4.98. The Morgan fingerprint density at radius 1 is 1.10 bits per heavy atom. The van der Waals surface area contributed by atoms with Gasteiger partial charge in [-0.1, -0.05) is 24.3 Å². The SMILES string of the molecule is Nc1cc(C(F)(F)F)ccc1OC1CCc2ccccc21. The van der Waals surface area contributed by atoms with Gasteiger partial charge in [0, 0.05) is 0 Å². The van der Waals surface area contributed by atoms with Crippen LogP contribution in [0.3, 0.4) is 0 Å². The van der Waals surface area contributed by atoms with Gasteiger partial charge in [0.2, 0.25) is 0 Å². The summed E-state index contributed by atoms with van der Waals surface area (Å²) in [5.41, 5.74) is 7.23. The molecule has 2 aromatic carbocycles. The fourth-order valence-electron chi connectivity index (χ4n) is 2.63. The van der Waals surface area contributed by atoms with Crippen molar-refractivity contribution < 1.29 is 17.9 Å². The van der Waals surface area contributed by atoms with Crippen molar-refractivity contribution >= 4 is 5.69 Å². The highest BCUT2D eigenvalue weighted by atomic mass is 19.4. The molecule has 0 aromatic heterocycles. The molecule has 5 heteroatoms. The van der Waals surface area contributed by atoms with Crippen LogP contribution < -0.4 is 10.5 Å². The minimum Gasteiger partial charge on any atom is -0.484 e. The number of nitrogens with two attached hydrogens (primary N) is 1. The monoisotopic (exact) mass is 293 g/mol. The Morgan fingerprint density at radius 2 is 1.86 bits per heavy atom. The van der Waals surface area contributed by atoms with Gasteiger partial charge in [-0.15, -0.1) is 0 Å². The summed E-state index contributed by atoms with van der Waals surface area (Å²) in [5, 5.41) is 0. The zero-order valence-electron chi connectivity index (χ0n) is 11.2. The van der Waals surface area contributed by atoms with Crippen molar-refractivity contribution in [2.45, 2.75) is 25.1 Å². The van der Waals surface area contributed by atoms with E-state index in [2.05, 4.69) is 0 Å². The van der Waals surface area contributed by atoms with E-state index in [9.17, 15) is 13.2 Å². The van der Waals surface area contributed by atoms with Gasteiger partial charge in [-0.05, 0) is 42.2 Å². The summed E-state index contributed by atoms with van der Waals surface area (Å²) in [5.74, 6) is 0.296. The fourth-order valence-corrected chi connectivity index (χ4v) is 2.63. The summed E-state index contributed by atoms with van der Waals surface area (Å²) in [7, 11) is 0. The zero-order valence-corrected chi connectivity index (χ0v) is 11.2. The molecule has 110 valence electrons. The number of anilines is 1. The third-order valence-corrected chi connectivity index (χ3v) is 3.68. The molecule has 0 fully saturated rings. The molecule has 0 saturated carbocycles. The first-order valence-corrected chi connectivity index (χ1v) is 6.66. The number of hydrogen-bond donors (Lipinski definition) is 1. The first-order valence-electron chi connectivity index (χ1n) is 6.66. The maximum atomic E-state index is 12.6. The van der Waals surface area contributed by atoms with Crippen molar-refractivity contribution in [3.63, 3.8) is 0 Å². The molecule has 2 N–H and O–H groups in total. The number of nitrogen functional groups attached to an aromatic ring is 1. The average molecular weight is 293 g/mol. The molecular weight excluding hydrogens is 279 g/mol. The summed E-state index contributed by atoms with van der Waals surface area (Å²) in [6.45, 7) is 0. The highest BCUT2D eigenvalue weighted by Crippen LogP contribution is 2.38. The Labute approximate surface area is 120 Å². The second-order valence-electron chi connectivity index (χ2n) is 5.09. The van der Waals surface area contributed by atoms with Crippen LogP contribution in [0.4, 0.5) is 18.9 Å². The molecule has 1 unspecified atom stereocenters. The molecule has 1 aliphatic rings. The van der Waals surface area contributed by atoms with Gasteiger partial charge < -0.3 is 10.5 Å². The Hall–Kier alpha value is -2.17. The number of rotatable bonds is 2. The molecule has 0 saturated heterocycles. The minimum atomic E-state index is -4.40. The van der Waals surface area contributed by atoms with Gasteiger partial charge in [0.1, 0.15) is 11.9 Å². The Bertz CT molecular complexity index is 667. The van der Waals surface area contributed by atoms with E-state index in [1.807, 2.05) is 24.3 Å². The molecule has 0 amide bonds. The molecular formula is C16H14F3NO. The smallest absolute Gasteiger partial charge is 0.416 e. The summed E-state index contributed by atoms with van der Waals surface area (Å²) in [4.78, 5) is 0. The van der Waals surface area contributed by atoms with Crippen molar-refractivity contribution in [3.8, 4) is 5.75 Å². The van der Waals surface area contributed by atoms with Gasteiger partial charge in [0.15, 0.2) is 0 Å². The van der Waals surface area contributed by atoms with Crippen molar-refractivity contribution in [1.82, 2.24) is 0 Å². The second-order valence-corrected chi connectivity index (χ2v) is 5.09. The predicted molar refractivity (Wildman–Crippen MR) is 74.0 cm³/mol. The molecule has 0 spiro atoms. The molecule has 2 nitrogen and oxygen atoms in total. The number of fused-ring (bicyclic) bond motifs is 1. The molecule has 0 aliphatic heterocycles. The topological polar surface area (TPSA) is 35.2 Å². The van der Waals surface area contributed by atoms with Crippen LogP contribution >= 0.6 is 0 Å². The van der Waals surface area contributed by atoms with Gasteiger partial charge in [0.05, 0.1) is 11.3 Å². The average Bonchev–Trinajstić information content (AvgIpc) is 2.83. The van der Waals surface area contributed by atoms with Gasteiger partial charge >= 0.3 is 6.18 Å². The number of aryl methyl sites for hydroxylation is 1. The number of benzene rings is 2. The van der Waals surface area contributed by atoms with Gasteiger partial charge in [0.25, 0.3) is 0 Å². The first kappa shape index (κ1) is 13.8. The molecule has 1 aliphatic carbocycles. The van der Waals surface area contributed by atoms with Crippen LogP contribution in [0.25, 0.3) is 0 Å². The lowest BCUT2D eigenvalue weighted by Gasteiger charge is -2.17. The Morgan fingerprint density at radius 3 is 2.57 bits per heavy atom. The normalized spacial score (nSPS) is 17.6. The Kier molecular flexibility index (Phi) is 3.27. The molecule has 0 heterocycles. The van der Waals surface area contributed by atoms with Crippen LogP contribution in [-0.2, 0) is 12.6 Å². The molecule has 1 atom stereocenters. The van der Waals surface area contributed by atoms with Crippen LogP contribution in [0.15, 0.2) is 42.5 Å². The number of halogens is 3. The van der Waals surface area contributed by atoms with E-state index < -0.39 is 11.7 Å². The van der Waals surface area contributed by atoms with E-state index in [1.165, 1.54) is 11.6 Å². The van der Waals surface area contributed by atoms with E-state index in [4.69, 9.17) is 10.5 Å². The molecule has 21 heavy (non-hydrogen) atoms. The van der Waals surface area contributed by atoms with Crippen LogP contribution in [0, 0.1) is 0 Å². The highest BCUT2D eigenvalue weighted by Gasteiger charge is 2.31. The van der Waals surface area contributed by atoms with Crippen LogP contribution in [0.2, 0.25) is 0 Å². The summed E-state index contributed by atoms with van der Waals surface area (Å²) >= 11 is 0. The predicted octanol–water partition coefficient (Wildman–Crippen LogP) is 4.35. The number of ether oxygens (including phenoxy) is 1. The quantitative estimate of drug-likeness (QED) is 0.835. The summed E-state index contributed by atoms with van der Waals surface area (Å²) < 4.78 is 43.6. The van der Waals surface area contributed by atoms with Gasteiger partial charge in [-0.3, -0.25) is 0 Å². The number of hydrogen-bond acceptors (Lipinski definition) is 2. The van der Waals surface area contributed by atoms with Crippen molar-refractivity contribution in [2.75, 3.05) is 5.73 Å². The van der Waals surface area contributed by atoms with Crippen molar-refractivity contribution in [2.24, 2.45) is 0 Å². The Balaban J connectivity index is 1.84. The third-order valence-electron chi connectivity index (χ3n) is 3.68. The zero-order chi connectivity index (χ0) is 15.0. The first-order chi connectivity index (χ1) is 9.95. The maximum Gasteiger partial charge on any atom is 0.416 e. The lowest BCUT2D eigenvalue weighted by Crippen LogP contribution is -2.08. The van der Waals surface area contributed by atoms with Gasteiger partial charge in [-0.2, -0.15) is 13.2 Å². The van der Waals surface area contributed by atoms with Crippen molar-refractivity contribution in [3.05, 3.63) is 59.2 Å². The highest BCUT2D eigenvalue weighted by molar-refractivity contribution is 5.55. The van der Waals surface area contributed by atoms with Gasteiger partial charge in [-0.25, -0.2) is 0 Å². The van der Waals surface area contributed by atoms with E-state index >= 15 is 0 Å². The fraction of sp³-hybridized carbons (Fsp3) is 0.250. The lowest BCUT2D eigenvalue weighted by atomic mass is 10.1. The van der Waals surface area contributed by atoms with Crippen molar-refractivity contribution in [1.29, 1.82) is 0 Å². The minimum absolute atomic E-state index is 0.00852. The van der Waals surface area contributed by atoms with E-state index in [0.717, 1.165) is 30.5 Å². The number of alkyl halides is 3. The van der Waals surface area contributed by atoms with Crippen LogP contribution in [0.5, 0.6) is 5.75 Å². The van der Waals surface area contributed by atoms with E-state index in [1.54, 1.807) is 0 Å². The molecule has 0 bridgehead atoms. The molecule has 3 rings (SSSR count). The lowest BCUT2D eigenvalue weighted by molar-refractivity contribution is -0.137. The molecule has 0 radical (unpaired) electrons. The maximum absolute atomic E-state index is 12.6. The summed E-state index contributed by atoms with van der Waals surface area (Å²) in [6, 6.07) is 11.1. The van der Waals surface area contributed by atoms with Crippen LogP contribution in [0.1, 0.15) is 29.2 Å².